The first-order chi connectivity index (χ1) is 9.60. The van der Waals surface area contributed by atoms with E-state index in [1.54, 1.807) is 6.20 Å². The number of rotatable bonds is 2. The van der Waals surface area contributed by atoms with E-state index in [2.05, 4.69) is 4.98 Å². The van der Waals surface area contributed by atoms with Crippen LogP contribution in [0.5, 0.6) is 0 Å². The topological polar surface area (TPSA) is 38.9 Å². The largest absolute Gasteiger partial charge is 0.318 e. The number of pyridine rings is 1. The van der Waals surface area contributed by atoms with Crippen molar-refractivity contribution in [3.63, 3.8) is 0 Å². The van der Waals surface area contributed by atoms with Crippen LogP contribution in [0.15, 0.2) is 60.8 Å². The molecule has 1 unspecified atom stereocenters. The lowest BCUT2D eigenvalue weighted by molar-refractivity contribution is 0.608. The van der Waals surface area contributed by atoms with Crippen LogP contribution in [0.2, 0.25) is 5.02 Å². The summed E-state index contributed by atoms with van der Waals surface area (Å²) in [5.74, 6) is 0. The Morgan fingerprint density at radius 3 is 2.45 bits per heavy atom. The zero-order valence-electron chi connectivity index (χ0n) is 11.2. The number of halogens is 1. The summed E-state index contributed by atoms with van der Waals surface area (Å²) in [5, 5.41) is 1.75. The van der Waals surface area contributed by atoms with Gasteiger partial charge in [0, 0.05) is 22.2 Å². The van der Waals surface area contributed by atoms with Gasteiger partial charge in [-0.15, -0.1) is 0 Å². The van der Waals surface area contributed by atoms with Crippen LogP contribution in [0.3, 0.4) is 0 Å². The van der Waals surface area contributed by atoms with E-state index in [4.69, 9.17) is 17.3 Å². The predicted octanol–water partition coefficient (Wildman–Crippen LogP) is 4.11. The smallest absolute Gasteiger partial charge is 0.0755 e. The zero-order chi connectivity index (χ0) is 14.2. The van der Waals surface area contributed by atoms with Gasteiger partial charge in [-0.25, -0.2) is 0 Å². The minimum absolute atomic E-state index is 0.672. The highest BCUT2D eigenvalue weighted by atomic mass is 35.5. The first-order valence-electron chi connectivity index (χ1n) is 6.49. The monoisotopic (exact) mass is 282 g/mol. The number of hydrogen-bond donors (Lipinski definition) is 1. The summed E-state index contributed by atoms with van der Waals surface area (Å²) in [4.78, 5) is 4.48. The third-order valence-electron chi connectivity index (χ3n) is 3.63. The SMILES string of the molecule is CC(N)(c1ccccc1Cl)c1cccc2cccnc12. The molecule has 0 aliphatic rings. The van der Waals surface area contributed by atoms with Crippen molar-refractivity contribution in [1.29, 1.82) is 0 Å². The van der Waals surface area contributed by atoms with Gasteiger partial charge in [0.2, 0.25) is 0 Å². The Balaban J connectivity index is 2.27. The molecule has 0 aliphatic carbocycles. The minimum atomic E-state index is -0.688. The van der Waals surface area contributed by atoms with E-state index in [9.17, 15) is 0 Å². The van der Waals surface area contributed by atoms with E-state index in [-0.39, 0.29) is 0 Å². The summed E-state index contributed by atoms with van der Waals surface area (Å²) >= 11 is 6.31. The molecule has 3 aromatic rings. The first kappa shape index (κ1) is 13.1. The van der Waals surface area contributed by atoms with Crippen LogP contribution in [0, 0.1) is 0 Å². The number of fused-ring (bicyclic) bond motifs is 1. The zero-order valence-corrected chi connectivity index (χ0v) is 11.9. The molecule has 0 amide bonds. The lowest BCUT2D eigenvalue weighted by atomic mass is 9.84. The molecule has 20 heavy (non-hydrogen) atoms. The van der Waals surface area contributed by atoms with Gasteiger partial charge in [0.15, 0.2) is 0 Å². The quantitative estimate of drug-likeness (QED) is 0.768. The fourth-order valence-electron chi connectivity index (χ4n) is 2.55. The van der Waals surface area contributed by atoms with Gasteiger partial charge in [0.05, 0.1) is 11.1 Å². The Morgan fingerprint density at radius 2 is 1.65 bits per heavy atom. The minimum Gasteiger partial charge on any atom is -0.318 e. The van der Waals surface area contributed by atoms with E-state index in [1.165, 1.54) is 0 Å². The summed E-state index contributed by atoms with van der Waals surface area (Å²) in [7, 11) is 0. The van der Waals surface area contributed by atoms with Crippen molar-refractivity contribution in [2.45, 2.75) is 12.5 Å². The van der Waals surface area contributed by atoms with Gasteiger partial charge >= 0.3 is 0 Å². The van der Waals surface area contributed by atoms with E-state index in [0.29, 0.717) is 5.02 Å². The molecule has 1 aromatic heterocycles. The summed E-state index contributed by atoms with van der Waals surface area (Å²) in [5.41, 5.74) is 8.71. The van der Waals surface area contributed by atoms with Crippen LogP contribution in [-0.4, -0.2) is 4.98 Å². The highest BCUT2D eigenvalue weighted by Crippen LogP contribution is 2.34. The Hall–Kier alpha value is -1.90. The number of aromatic nitrogens is 1. The van der Waals surface area contributed by atoms with Crippen molar-refractivity contribution < 1.29 is 0 Å². The Labute approximate surface area is 123 Å². The molecule has 0 spiro atoms. The maximum atomic E-state index is 6.60. The molecule has 3 rings (SSSR count). The third-order valence-corrected chi connectivity index (χ3v) is 3.96. The van der Waals surface area contributed by atoms with Crippen LogP contribution < -0.4 is 5.73 Å². The molecule has 0 saturated heterocycles. The predicted molar refractivity (Wildman–Crippen MR) is 83.8 cm³/mol. The third kappa shape index (κ3) is 2.07. The molecule has 0 aliphatic heterocycles. The van der Waals surface area contributed by atoms with Crippen molar-refractivity contribution in [2.75, 3.05) is 0 Å². The van der Waals surface area contributed by atoms with E-state index < -0.39 is 5.54 Å². The van der Waals surface area contributed by atoms with Crippen LogP contribution >= 0.6 is 11.6 Å². The van der Waals surface area contributed by atoms with E-state index in [1.807, 2.05) is 61.5 Å². The molecule has 1 heterocycles. The molecule has 1 atom stereocenters. The fourth-order valence-corrected chi connectivity index (χ4v) is 2.88. The van der Waals surface area contributed by atoms with Gasteiger partial charge in [-0.2, -0.15) is 0 Å². The molecule has 100 valence electrons. The summed E-state index contributed by atoms with van der Waals surface area (Å²) < 4.78 is 0. The molecule has 0 radical (unpaired) electrons. The Bertz CT molecular complexity index is 760. The van der Waals surface area contributed by atoms with Gasteiger partial charge in [-0.3, -0.25) is 4.98 Å². The number of nitrogens with zero attached hydrogens (tertiary/aromatic N) is 1. The molecule has 0 bridgehead atoms. The van der Waals surface area contributed by atoms with Crippen molar-refractivity contribution in [3.8, 4) is 0 Å². The maximum Gasteiger partial charge on any atom is 0.0755 e. The normalized spacial score (nSPS) is 14.2. The second-order valence-corrected chi connectivity index (χ2v) is 5.47. The molecule has 0 saturated carbocycles. The van der Waals surface area contributed by atoms with Crippen LogP contribution in [-0.2, 0) is 5.54 Å². The molecular weight excluding hydrogens is 268 g/mol. The number of nitrogens with two attached hydrogens (primary N) is 1. The van der Waals surface area contributed by atoms with E-state index >= 15 is 0 Å². The van der Waals surface area contributed by atoms with Crippen LogP contribution in [0.1, 0.15) is 18.1 Å². The molecule has 3 heteroatoms. The average Bonchev–Trinajstić information content (AvgIpc) is 2.47. The number of para-hydroxylation sites is 1. The van der Waals surface area contributed by atoms with Gasteiger partial charge < -0.3 is 5.73 Å². The maximum absolute atomic E-state index is 6.60. The Kier molecular flexibility index (Phi) is 3.20. The van der Waals surface area contributed by atoms with Crippen LogP contribution in [0.4, 0.5) is 0 Å². The molecule has 2 nitrogen and oxygen atoms in total. The van der Waals surface area contributed by atoms with Crippen molar-refractivity contribution in [3.05, 3.63) is 76.9 Å². The van der Waals surface area contributed by atoms with Gasteiger partial charge in [0.25, 0.3) is 0 Å². The van der Waals surface area contributed by atoms with Gasteiger partial charge in [-0.1, -0.05) is 54.1 Å². The number of hydrogen-bond acceptors (Lipinski definition) is 2. The number of benzene rings is 2. The summed E-state index contributed by atoms with van der Waals surface area (Å²) in [6.45, 7) is 1.97. The molecular formula is C17H15ClN2. The van der Waals surface area contributed by atoms with Crippen LogP contribution in [0.25, 0.3) is 10.9 Å². The standard InChI is InChI=1S/C17H15ClN2/c1-17(19,13-8-2-3-10-15(13)18)14-9-4-6-12-7-5-11-20-16(12)14/h2-11H,19H2,1H3. The highest BCUT2D eigenvalue weighted by Gasteiger charge is 2.28. The average molecular weight is 283 g/mol. The molecule has 2 N–H and O–H groups in total. The second-order valence-electron chi connectivity index (χ2n) is 5.06. The highest BCUT2D eigenvalue weighted by molar-refractivity contribution is 6.31. The van der Waals surface area contributed by atoms with Crippen molar-refractivity contribution >= 4 is 22.5 Å². The molecule has 2 aromatic carbocycles. The van der Waals surface area contributed by atoms with E-state index in [0.717, 1.165) is 22.0 Å². The van der Waals surface area contributed by atoms with Crippen molar-refractivity contribution in [2.24, 2.45) is 5.73 Å². The second kappa shape index (κ2) is 4.89. The Morgan fingerprint density at radius 1 is 0.950 bits per heavy atom. The van der Waals surface area contributed by atoms with Crippen molar-refractivity contribution in [1.82, 2.24) is 4.98 Å². The molecule has 0 fully saturated rings. The fraction of sp³-hybridized carbons (Fsp3) is 0.118. The lowest BCUT2D eigenvalue weighted by Gasteiger charge is -2.27. The summed E-state index contributed by atoms with van der Waals surface area (Å²) in [6.07, 6.45) is 1.79. The lowest BCUT2D eigenvalue weighted by Crippen LogP contribution is -2.35. The van der Waals surface area contributed by atoms with Gasteiger partial charge in [-0.05, 0) is 24.6 Å². The summed E-state index contributed by atoms with van der Waals surface area (Å²) in [6, 6.07) is 17.7. The van der Waals surface area contributed by atoms with Gasteiger partial charge in [0.1, 0.15) is 0 Å². The first-order valence-corrected chi connectivity index (χ1v) is 6.86.